The van der Waals surface area contributed by atoms with E-state index in [0.29, 0.717) is 18.0 Å². The highest BCUT2D eigenvalue weighted by atomic mass is 16.2. The molecule has 6 heteroatoms. The van der Waals surface area contributed by atoms with Crippen molar-refractivity contribution in [2.24, 2.45) is 5.92 Å². The molecule has 192 valence electrons. The average molecular weight is 488 g/mol. The second-order valence-electron chi connectivity index (χ2n) is 9.97. The quantitative estimate of drug-likeness (QED) is 0.268. The number of carbonyl (C=O) groups excluding carboxylic acids is 1. The van der Waals surface area contributed by atoms with Gasteiger partial charge >= 0.3 is 0 Å². The van der Waals surface area contributed by atoms with Gasteiger partial charge in [-0.2, -0.15) is 5.10 Å². The molecule has 0 saturated carbocycles. The Kier molecular flexibility index (Phi) is 10.00. The third kappa shape index (κ3) is 7.37. The summed E-state index contributed by atoms with van der Waals surface area (Å²) in [7, 11) is 1.86. The van der Waals surface area contributed by atoms with E-state index in [0.717, 1.165) is 30.7 Å². The van der Waals surface area contributed by atoms with E-state index in [1.165, 1.54) is 17.3 Å². The lowest BCUT2D eigenvalue weighted by molar-refractivity contribution is 0.0726. The summed E-state index contributed by atoms with van der Waals surface area (Å²) in [4.78, 5) is 15.3. The van der Waals surface area contributed by atoms with Crippen molar-refractivity contribution in [2.75, 3.05) is 7.05 Å². The number of nitrogens with zero attached hydrogens (tertiary/aromatic N) is 2. The minimum Gasteiger partial charge on any atom is -0.333 e. The summed E-state index contributed by atoms with van der Waals surface area (Å²) in [6, 6.07) is 20.7. The molecule has 3 unspecified atom stereocenters. The third-order valence-corrected chi connectivity index (χ3v) is 7.00. The van der Waals surface area contributed by atoms with Crippen molar-refractivity contribution in [3.63, 3.8) is 0 Å². The van der Waals surface area contributed by atoms with Gasteiger partial charge in [-0.1, -0.05) is 62.7 Å². The van der Waals surface area contributed by atoms with Crippen molar-refractivity contribution in [3.05, 3.63) is 88.7 Å². The molecule has 1 heterocycles. The predicted molar refractivity (Wildman–Crippen MR) is 148 cm³/mol. The van der Waals surface area contributed by atoms with E-state index in [-0.39, 0.29) is 23.9 Å². The molecule has 36 heavy (non-hydrogen) atoms. The van der Waals surface area contributed by atoms with Crippen LogP contribution in [0.2, 0.25) is 0 Å². The zero-order valence-electron chi connectivity index (χ0n) is 22.3. The van der Waals surface area contributed by atoms with E-state index in [2.05, 4.69) is 60.6 Å². The fraction of sp³-hybridized carbons (Fsp3) is 0.433. The highest BCUT2D eigenvalue weighted by Crippen LogP contribution is 2.25. The van der Waals surface area contributed by atoms with Crippen molar-refractivity contribution in [2.45, 2.75) is 71.5 Å². The van der Waals surface area contributed by atoms with Crippen LogP contribution < -0.4 is 5.32 Å². The van der Waals surface area contributed by atoms with Crippen molar-refractivity contribution in [3.8, 4) is 0 Å². The van der Waals surface area contributed by atoms with E-state index in [9.17, 15) is 4.79 Å². The molecule has 0 aliphatic rings. The van der Waals surface area contributed by atoms with E-state index < -0.39 is 0 Å². The topological polar surface area (TPSA) is 84.9 Å². The van der Waals surface area contributed by atoms with Crippen LogP contribution in [0.25, 0.3) is 0 Å². The molecular weight excluding hydrogens is 446 g/mol. The Morgan fingerprint density at radius 1 is 1.08 bits per heavy atom. The second kappa shape index (κ2) is 13.2. The van der Waals surface area contributed by atoms with Gasteiger partial charge in [-0.05, 0) is 68.7 Å². The zero-order chi connectivity index (χ0) is 26.1. The Balaban J connectivity index is 1.73. The lowest BCUT2D eigenvalue weighted by Gasteiger charge is -2.27. The summed E-state index contributed by atoms with van der Waals surface area (Å²) in [6.45, 7) is 8.39. The minimum atomic E-state index is -0.167. The summed E-state index contributed by atoms with van der Waals surface area (Å²) in [6.07, 6.45) is 5.27. The summed E-state index contributed by atoms with van der Waals surface area (Å²) in [5, 5.41) is 18.7. The minimum absolute atomic E-state index is 0.0141. The second-order valence-corrected chi connectivity index (χ2v) is 9.97. The van der Waals surface area contributed by atoms with Gasteiger partial charge in [0.1, 0.15) is 0 Å². The standard InChI is InChI=1S/C30H41N5O/c1-6-10-27(32-23(4)21(2)20-31)18-25-13-15-26(16-14-25)30(36)35(5)29(28-17-22(3)33-34-28)19-24-11-8-7-9-12-24/h7-9,11-17,20-21,23,27,29,31-32H,6,10,18-19H2,1-5H3,(H,33,34)/t21?,23?,27-,29?/m0/s1. The predicted octanol–water partition coefficient (Wildman–Crippen LogP) is 5.75. The van der Waals surface area contributed by atoms with Crippen LogP contribution in [-0.4, -0.2) is 46.4 Å². The zero-order valence-corrected chi connectivity index (χ0v) is 22.3. The number of nitrogens with one attached hydrogen (secondary N) is 3. The lowest BCUT2D eigenvalue weighted by Crippen LogP contribution is -2.41. The first-order valence-corrected chi connectivity index (χ1v) is 13.0. The Morgan fingerprint density at radius 3 is 2.33 bits per heavy atom. The fourth-order valence-electron chi connectivity index (χ4n) is 4.56. The first-order chi connectivity index (χ1) is 17.3. The van der Waals surface area contributed by atoms with E-state index in [1.807, 2.05) is 50.4 Å². The van der Waals surface area contributed by atoms with Crippen LogP contribution in [0.4, 0.5) is 0 Å². The molecule has 2 aromatic carbocycles. The highest BCUT2D eigenvalue weighted by Gasteiger charge is 2.25. The number of likely N-dealkylation sites (N-methyl/N-ethyl adjacent to an activating group) is 1. The first kappa shape index (κ1) is 27.3. The van der Waals surface area contributed by atoms with Gasteiger partial charge in [0.05, 0.1) is 11.7 Å². The van der Waals surface area contributed by atoms with Gasteiger partial charge in [-0.15, -0.1) is 0 Å². The van der Waals surface area contributed by atoms with Crippen molar-refractivity contribution >= 4 is 12.1 Å². The number of aryl methyl sites for hydroxylation is 1. The van der Waals surface area contributed by atoms with Crippen molar-refractivity contribution < 1.29 is 4.79 Å². The van der Waals surface area contributed by atoms with Crippen LogP contribution in [0.1, 0.15) is 72.5 Å². The summed E-state index contributed by atoms with van der Waals surface area (Å²) in [5.74, 6) is 0.182. The molecule has 0 radical (unpaired) electrons. The summed E-state index contributed by atoms with van der Waals surface area (Å²) >= 11 is 0. The van der Waals surface area contributed by atoms with Gasteiger partial charge < -0.3 is 15.6 Å². The Labute approximate surface area is 216 Å². The third-order valence-electron chi connectivity index (χ3n) is 7.00. The Bertz CT molecular complexity index is 1090. The first-order valence-electron chi connectivity index (χ1n) is 13.0. The summed E-state index contributed by atoms with van der Waals surface area (Å²) < 4.78 is 0. The van der Waals surface area contributed by atoms with Crippen molar-refractivity contribution in [1.29, 1.82) is 5.41 Å². The van der Waals surface area contributed by atoms with Gasteiger partial charge in [0.2, 0.25) is 0 Å². The molecule has 0 fully saturated rings. The van der Waals surface area contributed by atoms with Crippen LogP contribution in [0.3, 0.4) is 0 Å². The molecule has 1 amide bonds. The smallest absolute Gasteiger partial charge is 0.254 e. The monoisotopic (exact) mass is 487 g/mol. The largest absolute Gasteiger partial charge is 0.333 e. The number of carbonyl (C=O) groups is 1. The van der Waals surface area contributed by atoms with Gasteiger partial charge in [-0.25, -0.2) is 0 Å². The molecule has 6 nitrogen and oxygen atoms in total. The number of rotatable bonds is 13. The number of H-pyrrole nitrogens is 1. The molecule has 0 spiro atoms. The maximum absolute atomic E-state index is 13.5. The van der Waals surface area contributed by atoms with Gasteiger partial charge in [-0.3, -0.25) is 9.89 Å². The number of aromatic nitrogens is 2. The molecule has 3 aromatic rings. The van der Waals surface area contributed by atoms with E-state index >= 15 is 0 Å². The lowest BCUT2D eigenvalue weighted by atomic mass is 9.97. The molecule has 0 aliphatic carbocycles. The van der Waals surface area contributed by atoms with Gasteiger partial charge in [0, 0.05) is 36.3 Å². The molecule has 0 saturated heterocycles. The maximum atomic E-state index is 13.5. The SMILES string of the molecule is CCC[C@@H](Cc1ccc(C(=O)N(C)C(Cc2ccccc2)c2cc(C)[nH]n2)cc1)NC(C)C(C)C=N. The van der Waals surface area contributed by atoms with Gasteiger partial charge in [0.25, 0.3) is 5.91 Å². The van der Waals surface area contributed by atoms with E-state index in [4.69, 9.17) is 5.41 Å². The number of hydrogen-bond donors (Lipinski definition) is 3. The number of benzene rings is 2. The average Bonchev–Trinajstić information content (AvgIpc) is 3.32. The van der Waals surface area contributed by atoms with Crippen LogP contribution in [-0.2, 0) is 12.8 Å². The molecular formula is C30H41N5O. The number of hydrogen-bond acceptors (Lipinski definition) is 4. The highest BCUT2D eigenvalue weighted by molar-refractivity contribution is 5.94. The van der Waals surface area contributed by atoms with Gasteiger partial charge in [0.15, 0.2) is 0 Å². The number of aromatic amines is 1. The molecule has 3 N–H and O–H groups in total. The van der Waals surface area contributed by atoms with Crippen LogP contribution in [0.15, 0.2) is 60.7 Å². The Hall–Kier alpha value is -3.25. The van der Waals surface area contributed by atoms with Crippen LogP contribution >= 0.6 is 0 Å². The number of amides is 1. The van der Waals surface area contributed by atoms with Crippen LogP contribution in [0.5, 0.6) is 0 Å². The van der Waals surface area contributed by atoms with Crippen LogP contribution in [0, 0.1) is 18.3 Å². The van der Waals surface area contributed by atoms with Crippen molar-refractivity contribution in [1.82, 2.24) is 20.4 Å². The van der Waals surface area contributed by atoms with E-state index in [1.54, 1.807) is 4.90 Å². The molecule has 0 bridgehead atoms. The molecule has 0 aliphatic heterocycles. The summed E-state index contributed by atoms with van der Waals surface area (Å²) in [5.41, 5.74) is 4.90. The molecule has 3 rings (SSSR count). The normalized spacial score (nSPS) is 14.6. The Morgan fingerprint density at radius 2 is 1.75 bits per heavy atom. The maximum Gasteiger partial charge on any atom is 0.254 e. The molecule has 1 aromatic heterocycles. The fourth-order valence-corrected chi connectivity index (χ4v) is 4.56. The molecule has 4 atom stereocenters.